The molecule has 0 saturated carbocycles. The van der Waals surface area contributed by atoms with E-state index in [1.165, 1.54) is 45.3 Å². The Morgan fingerprint density at radius 3 is 2.45 bits per heavy atom. The van der Waals surface area contributed by atoms with E-state index in [1.54, 1.807) is 0 Å². The first-order valence-corrected chi connectivity index (χ1v) is 11.8. The van der Waals surface area contributed by atoms with Gasteiger partial charge < -0.3 is 24.6 Å². The van der Waals surface area contributed by atoms with Gasteiger partial charge in [0, 0.05) is 32.8 Å². The highest BCUT2D eigenvalue weighted by atomic mass is 127. The molecule has 3 aliphatic heterocycles. The largest absolute Gasteiger partial charge is 0.376 e. The first-order chi connectivity index (χ1) is 13.8. The number of piperidine rings is 2. The smallest absolute Gasteiger partial charge is 0.193 e. The fraction of sp³-hybridized carbons (Fsp3) is 0.955. The van der Waals surface area contributed by atoms with Gasteiger partial charge in [0.15, 0.2) is 5.96 Å². The second-order valence-corrected chi connectivity index (χ2v) is 8.56. The van der Waals surface area contributed by atoms with Crippen molar-refractivity contribution >= 4 is 29.9 Å². The lowest BCUT2D eigenvalue weighted by molar-refractivity contribution is -0.0367. The number of nitrogens with zero attached hydrogens (tertiary/aromatic N) is 3. The normalized spacial score (nSPS) is 25.2. The summed E-state index contributed by atoms with van der Waals surface area (Å²) < 4.78 is 11.8. The van der Waals surface area contributed by atoms with Crippen molar-refractivity contribution in [3.8, 4) is 0 Å². The Labute approximate surface area is 195 Å². The van der Waals surface area contributed by atoms with Crippen molar-refractivity contribution in [2.45, 2.75) is 71.0 Å². The van der Waals surface area contributed by atoms with Crippen molar-refractivity contribution in [3.05, 3.63) is 0 Å². The molecule has 0 bridgehead atoms. The zero-order valence-electron chi connectivity index (χ0n) is 18.6. The predicted molar refractivity (Wildman–Crippen MR) is 130 cm³/mol. The average Bonchev–Trinajstić information content (AvgIpc) is 3.26. The maximum Gasteiger partial charge on any atom is 0.193 e. The van der Waals surface area contributed by atoms with Gasteiger partial charge >= 0.3 is 0 Å². The van der Waals surface area contributed by atoms with Crippen LogP contribution in [0.3, 0.4) is 0 Å². The maximum atomic E-state index is 6.12. The van der Waals surface area contributed by atoms with Gasteiger partial charge in [0.2, 0.25) is 0 Å². The van der Waals surface area contributed by atoms with Crippen molar-refractivity contribution in [2.75, 3.05) is 59.0 Å². The first kappa shape index (κ1) is 25.1. The Morgan fingerprint density at radius 1 is 1.07 bits per heavy atom. The van der Waals surface area contributed by atoms with E-state index < -0.39 is 0 Å². The molecule has 0 spiro atoms. The highest BCUT2D eigenvalue weighted by Gasteiger charge is 2.24. The zero-order chi connectivity index (χ0) is 19.6. The molecule has 0 aromatic carbocycles. The number of halogens is 1. The van der Waals surface area contributed by atoms with Crippen LogP contribution in [0.15, 0.2) is 4.99 Å². The van der Waals surface area contributed by atoms with E-state index in [4.69, 9.17) is 14.5 Å². The van der Waals surface area contributed by atoms with E-state index in [0.29, 0.717) is 12.2 Å². The first-order valence-electron chi connectivity index (χ1n) is 11.8. The number of hydrogen-bond acceptors (Lipinski definition) is 4. The number of ether oxygens (including phenoxy) is 2. The summed E-state index contributed by atoms with van der Waals surface area (Å²) in [5.41, 5.74) is 0. The minimum absolute atomic E-state index is 0. The molecule has 0 aliphatic carbocycles. The van der Waals surface area contributed by atoms with Crippen LogP contribution >= 0.6 is 24.0 Å². The summed E-state index contributed by atoms with van der Waals surface area (Å²) in [5.74, 6) is 1.96. The van der Waals surface area contributed by atoms with E-state index in [1.807, 2.05) is 0 Å². The van der Waals surface area contributed by atoms with Crippen LogP contribution in [-0.4, -0.2) is 87.0 Å². The number of rotatable bonds is 8. The number of hydrogen-bond donors (Lipinski definition) is 1. The quantitative estimate of drug-likeness (QED) is 0.301. The van der Waals surface area contributed by atoms with Crippen molar-refractivity contribution in [1.29, 1.82) is 0 Å². The molecule has 1 unspecified atom stereocenters. The molecular weight excluding hydrogens is 479 g/mol. The Kier molecular flexibility index (Phi) is 12.2. The van der Waals surface area contributed by atoms with Gasteiger partial charge in [-0.1, -0.05) is 6.92 Å². The molecule has 1 N–H and O–H groups in total. The Morgan fingerprint density at radius 2 is 1.83 bits per heavy atom. The molecule has 29 heavy (non-hydrogen) atoms. The van der Waals surface area contributed by atoms with Crippen LogP contribution in [0.4, 0.5) is 0 Å². The molecule has 3 rings (SSSR count). The molecule has 0 aromatic heterocycles. The van der Waals surface area contributed by atoms with Crippen molar-refractivity contribution in [1.82, 2.24) is 15.1 Å². The van der Waals surface area contributed by atoms with Gasteiger partial charge in [-0.2, -0.15) is 0 Å². The molecule has 3 fully saturated rings. The summed E-state index contributed by atoms with van der Waals surface area (Å²) in [6.07, 6.45) is 9.15. The second-order valence-electron chi connectivity index (χ2n) is 8.56. The third kappa shape index (κ3) is 8.50. The maximum absolute atomic E-state index is 6.12. The van der Waals surface area contributed by atoms with Gasteiger partial charge in [0.05, 0.1) is 18.8 Å². The van der Waals surface area contributed by atoms with E-state index in [0.717, 1.165) is 70.5 Å². The highest BCUT2D eigenvalue weighted by molar-refractivity contribution is 14.0. The Balaban J connectivity index is 0.00000300. The number of nitrogens with one attached hydrogen (secondary N) is 1. The fourth-order valence-electron chi connectivity index (χ4n) is 4.62. The lowest BCUT2D eigenvalue weighted by Gasteiger charge is -2.34. The van der Waals surface area contributed by atoms with Crippen LogP contribution in [0.5, 0.6) is 0 Å². The molecule has 3 aliphatic rings. The summed E-state index contributed by atoms with van der Waals surface area (Å²) in [4.78, 5) is 9.95. The minimum Gasteiger partial charge on any atom is -0.376 e. The van der Waals surface area contributed by atoms with Crippen molar-refractivity contribution in [3.63, 3.8) is 0 Å². The highest BCUT2D eigenvalue weighted by Crippen LogP contribution is 2.21. The summed E-state index contributed by atoms with van der Waals surface area (Å²) in [7, 11) is 0. The summed E-state index contributed by atoms with van der Waals surface area (Å²) >= 11 is 0. The molecular formula is C22H43IN4O2. The minimum atomic E-state index is 0. The van der Waals surface area contributed by atoms with Crippen LogP contribution < -0.4 is 5.32 Å². The molecule has 6 nitrogen and oxygen atoms in total. The standard InChI is InChI=1S/C22H42N4O2.HI/c1-3-23-22(24-12-7-19-8-13-25(4-2)14-9-19)26-15-10-20(11-16-26)28-18-21-6-5-17-27-21;/h19-21H,3-18H2,1-2H3,(H,23,24);1H. The van der Waals surface area contributed by atoms with E-state index >= 15 is 0 Å². The fourth-order valence-corrected chi connectivity index (χ4v) is 4.62. The van der Waals surface area contributed by atoms with Gasteiger partial charge in [-0.15, -0.1) is 24.0 Å². The van der Waals surface area contributed by atoms with Crippen LogP contribution in [0.25, 0.3) is 0 Å². The van der Waals surface area contributed by atoms with Gasteiger partial charge in [-0.05, 0) is 77.4 Å². The van der Waals surface area contributed by atoms with Crippen LogP contribution in [-0.2, 0) is 9.47 Å². The summed E-state index contributed by atoms with van der Waals surface area (Å²) in [6.45, 7) is 13.8. The monoisotopic (exact) mass is 522 g/mol. The average molecular weight is 523 g/mol. The Bertz CT molecular complexity index is 458. The van der Waals surface area contributed by atoms with Crippen LogP contribution in [0.2, 0.25) is 0 Å². The Hall–Kier alpha value is -0.120. The molecule has 170 valence electrons. The summed E-state index contributed by atoms with van der Waals surface area (Å²) in [6, 6.07) is 0. The molecule has 3 saturated heterocycles. The molecule has 7 heteroatoms. The molecule has 0 amide bonds. The van der Waals surface area contributed by atoms with Crippen LogP contribution in [0.1, 0.15) is 58.8 Å². The van der Waals surface area contributed by atoms with E-state index in [9.17, 15) is 0 Å². The number of guanidine groups is 1. The van der Waals surface area contributed by atoms with Gasteiger partial charge in [0.25, 0.3) is 0 Å². The van der Waals surface area contributed by atoms with Crippen molar-refractivity contribution in [2.24, 2.45) is 10.9 Å². The third-order valence-electron chi connectivity index (χ3n) is 6.57. The lowest BCUT2D eigenvalue weighted by atomic mass is 9.94. The third-order valence-corrected chi connectivity index (χ3v) is 6.57. The van der Waals surface area contributed by atoms with Gasteiger partial charge in [-0.3, -0.25) is 4.99 Å². The van der Waals surface area contributed by atoms with Gasteiger partial charge in [-0.25, -0.2) is 0 Å². The van der Waals surface area contributed by atoms with Crippen molar-refractivity contribution < 1.29 is 9.47 Å². The molecule has 3 heterocycles. The zero-order valence-corrected chi connectivity index (χ0v) is 20.9. The second kappa shape index (κ2) is 14.0. The number of aliphatic imine (C=N–C) groups is 1. The van der Waals surface area contributed by atoms with Crippen LogP contribution in [0, 0.1) is 5.92 Å². The molecule has 1 atom stereocenters. The summed E-state index contributed by atoms with van der Waals surface area (Å²) in [5, 5.41) is 3.50. The number of likely N-dealkylation sites (tertiary alicyclic amines) is 2. The van der Waals surface area contributed by atoms with Gasteiger partial charge in [0.1, 0.15) is 0 Å². The lowest BCUT2D eigenvalue weighted by Crippen LogP contribution is -2.47. The molecule has 0 radical (unpaired) electrons. The predicted octanol–water partition coefficient (Wildman–Crippen LogP) is 3.35. The SMILES string of the molecule is CCNC(=NCCC1CCN(CC)CC1)N1CCC(OCC2CCCO2)CC1.I. The van der Waals surface area contributed by atoms with E-state index in [2.05, 4.69) is 29.0 Å². The topological polar surface area (TPSA) is 49.3 Å². The molecule has 0 aromatic rings. The van der Waals surface area contributed by atoms with E-state index in [-0.39, 0.29) is 24.0 Å².